The van der Waals surface area contributed by atoms with E-state index in [1.54, 1.807) is 12.1 Å². The first-order valence-electron chi connectivity index (χ1n) is 8.05. The molecule has 0 radical (unpaired) electrons. The van der Waals surface area contributed by atoms with E-state index in [2.05, 4.69) is 40.3 Å². The third-order valence-corrected chi connectivity index (χ3v) is 5.92. The van der Waals surface area contributed by atoms with Crippen LogP contribution in [-0.2, 0) is 16.4 Å². The predicted molar refractivity (Wildman–Crippen MR) is 103 cm³/mol. The van der Waals surface area contributed by atoms with Gasteiger partial charge in [0.2, 0.25) is 10.0 Å². The molecule has 0 amide bonds. The number of rotatable bonds is 8. The minimum absolute atomic E-state index is 0.0267. The molecule has 0 saturated heterocycles. The first-order chi connectivity index (χ1) is 11.8. The molecule has 0 saturated carbocycles. The van der Waals surface area contributed by atoms with E-state index in [0.717, 1.165) is 12.8 Å². The number of primary sulfonamides is 1. The second kappa shape index (κ2) is 8.91. The minimum Gasteiger partial charge on any atom is -0.387 e. The van der Waals surface area contributed by atoms with Crippen LogP contribution in [-0.4, -0.2) is 26.1 Å². The molecule has 2 unspecified atom stereocenters. The zero-order valence-electron chi connectivity index (χ0n) is 14.0. The molecule has 2 aromatic rings. The topological polar surface area (TPSA) is 92.4 Å². The third kappa shape index (κ3) is 6.20. The highest BCUT2D eigenvalue weighted by atomic mass is 79.9. The highest BCUT2D eigenvalue weighted by Crippen LogP contribution is 2.25. The Bertz CT molecular complexity index is 797. The standard InChI is InChI=1S/C18H23BrN2O3S/c1-13(7-8-14-5-3-2-4-6-14)21-12-17(22)15-9-10-16(19)18(11-15)25(20,23)24/h2-6,9-11,13,17,21-22H,7-8,12H2,1H3,(H2,20,23,24). The fourth-order valence-electron chi connectivity index (χ4n) is 2.51. The largest absolute Gasteiger partial charge is 0.387 e. The SMILES string of the molecule is CC(CCc1ccccc1)NCC(O)c1ccc(Br)c(S(N)(=O)=O)c1. The summed E-state index contributed by atoms with van der Waals surface area (Å²) in [6, 6.07) is 15.1. The lowest BCUT2D eigenvalue weighted by Gasteiger charge is -2.18. The molecule has 0 bridgehead atoms. The lowest BCUT2D eigenvalue weighted by molar-refractivity contribution is 0.170. The average molecular weight is 427 g/mol. The van der Waals surface area contributed by atoms with E-state index >= 15 is 0 Å². The second-order valence-electron chi connectivity index (χ2n) is 6.08. The third-order valence-electron chi connectivity index (χ3n) is 4.02. The fourth-order valence-corrected chi connectivity index (χ4v) is 4.07. The van der Waals surface area contributed by atoms with Gasteiger partial charge in [0.1, 0.15) is 0 Å². The molecule has 2 aromatic carbocycles. The van der Waals surface area contributed by atoms with Gasteiger partial charge >= 0.3 is 0 Å². The first-order valence-corrected chi connectivity index (χ1v) is 10.4. The summed E-state index contributed by atoms with van der Waals surface area (Å²) in [4.78, 5) is -0.0267. The number of hydrogen-bond acceptors (Lipinski definition) is 4. The Morgan fingerprint density at radius 3 is 2.52 bits per heavy atom. The highest BCUT2D eigenvalue weighted by molar-refractivity contribution is 9.10. The van der Waals surface area contributed by atoms with E-state index in [-0.39, 0.29) is 10.9 Å². The molecule has 0 aliphatic rings. The van der Waals surface area contributed by atoms with Gasteiger partial charge in [-0.3, -0.25) is 0 Å². The van der Waals surface area contributed by atoms with Crippen LogP contribution >= 0.6 is 15.9 Å². The van der Waals surface area contributed by atoms with E-state index in [1.165, 1.54) is 11.6 Å². The van der Waals surface area contributed by atoms with Gasteiger partial charge < -0.3 is 10.4 Å². The number of hydrogen-bond donors (Lipinski definition) is 3. The highest BCUT2D eigenvalue weighted by Gasteiger charge is 2.17. The van der Waals surface area contributed by atoms with Crippen LogP contribution in [0.25, 0.3) is 0 Å². The number of sulfonamides is 1. The molecule has 2 atom stereocenters. The van der Waals surface area contributed by atoms with Crippen molar-refractivity contribution in [3.63, 3.8) is 0 Å². The van der Waals surface area contributed by atoms with Crippen molar-refractivity contribution in [2.75, 3.05) is 6.54 Å². The Morgan fingerprint density at radius 1 is 1.20 bits per heavy atom. The molecule has 25 heavy (non-hydrogen) atoms. The van der Waals surface area contributed by atoms with Crippen molar-refractivity contribution in [3.8, 4) is 0 Å². The summed E-state index contributed by atoms with van der Waals surface area (Å²) >= 11 is 3.16. The predicted octanol–water partition coefficient (Wildman–Crippen LogP) is 2.74. The summed E-state index contributed by atoms with van der Waals surface area (Å²) in [6.07, 6.45) is 1.09. The van der Waals surface area contributed by atoms with Gasteiger partial charge in [-0.05, 0) is 59.0 Å². The minimum atomic E-state index is -3.84. The van der Waals surface area contributed by atoms with Gasteiger partial charge in [0, 0.05) is 17.1 Å². The Kier molecular flexibility index (Phi) is 7.15. The maximum atomic E-state index is 11.6. The molecular weight excluding hydrogens is 404 g/mol. The molecule has 136 valence electrons. The van der Waals surface area contributed by atoms with Crippen molar-refractivity contribution in [1.82, 2.24) is 5.32 Å². The van der Waals surface area contributed by atoms with Gasteiger partial charge in [-0.2, -0.15) is 0 Å². The molecule has 0 heterocycles. The molecule has 0 aromatic heterocycles. The second-order valence-corrected chi connectivity index (χ2v) is 8.47. The lowest BCUT2D eigenvalue weighted by Crippen LogP contribution is -2.31. The molecule has 0 spiro atoms. The van der Waals surface area contributed by atoms with E-state index in [4.69, 9.17) is 5.14 Å². The summed E-state index contributed by atoms with van der Waals surface area (Å²) in [7, 11) is -3.84. The Morgan fingerprint density at radius 2 is 1.88 bits per heavy atom. The van der Waals surface area contributed by atoms with Crippen LogP contribution in [0.3, 0.4) is 0 Å². The van der Waals surface area contributed by atoms with E-state index in [1.807, 2.05) is 18.2 Å². The molecule has 0 aliphatic carbocycles. The van der Waals surface area contributed by atoms with Gasteiger partial charge in [0.15, 0.2) is 0 Å². The summed E-state index contributed by atoms with van der Waals surface area (Å²) < 4.78 is 23.5. The average Bonchev–Trinajstić information content (AvgIpc) is 2.58. The molecule has 0 fully saturated rings. The van der Waals surface area contributed by atoms with Crippen molar-refractivity contribution < 1.29 is 13.5 Å². The van der Waals surface area contributed by atoms with Crippen molar-refractivity contribution in [2.45, 2.75) is 36.8 Å². The Balaban J connectivity index is 1.90. The maximum Gasteiger partial charge on any atom is 0.239 e. The lowest BCUT2D eigenvalue weighted by atomic mass is 10.1. The number of aliphatic hydroxyl groups excluding tert-OH is 1. The van der Waals surface area contributed by atoms with Gasteiger partial charge in [-0.15, -0.1) is 0 Å². The van der Waals surface area contributed by atoms with Crippen LogP contribution in [0.4, 0.5) is 0 Å². The van der Waals surface area contributed by atoms with Gasteiger partial charge in [-0.25, -0.2) is 13.6 Å². The molecule has 7 heteroatoms. The Labute approximate surface area is 157 Å². The van der Waals surface area contributed by atoms with E-state index < -0.39 is 16.1 Å². The smallest absolute Gasteiger partial charge is 0.239 e. The monoisotopic (exact) mass is 426 g/mol. The molecular formula is C18H23BrN2O3S. The fraction of sp³-hybridized carbons (Fsp3) is 0.333. The van der Waals surface area contributed by atoms with Crippen molar-refractivity contribution >= 4 is 26.0 Å². The van der Waals surface area contributed by atoms with Gasteiger partial charge in [-0.1, -0.05) is 36.4 Å². The van der Waals surface area contributed by atoms with E-state index in [0.29, 0.717) is 16.6 Å². The molecule has 4 N–H and O–H groups in total. The summed E-state index contributed by atoms with van der Waals surface area (Å²) in [5, 5.41) is 18.8. The number of nitrogens with two attached hydrogens (primary N) is 1. The van der Waals surface area contributed by atoms with Crippen LogP contribution < -0.4 is 10.5 Å². The number of aryl methyl sites for hydroxylation is 1. The summed E-state index contributed by atoms with van der Waals surface area (Å²) in [5.74, 6) is 0. The normalized spacial score (nSPS) is 14.2. The summed E-state index contributed by atoms with van der Waals surface area (Å²) in [5.41, 5.74) is 1.79. The number of nitrogens with one attached hydrogen (secondary N) is 1. The first kappa shape index (κ1) is 20.1. The van der Waals surface area contributed by atoms with Crippen LogP contribution in [0, 0.1) is 0 Å². The summed E-state index contributed by atoms with van der Waals surface area (Å²) in [6.45, 7) is 2.40. The van der Waals surface area contributed by atoms with Crippen molar-refractivity contribution in [1.29, 1.82) is 0 Å². The van der Waals surface area contributed by atoms with Crippen LogP contribution in [0.15, 0.2) is 57.9 Å². The zero-order chi connectivity index (χ0) is 18.4. The number of halogens is 1. The molecule has 2 rings (SSSR count). The van der Waals surface area contributed by atoms with Gasteiger partial charge in [0.25, 0.3) is 0 Å². The van der Waals surface area contributed by atoms with Crippen LogP contribution in [0.1, 0.15) is 30.6 Å². The molecule has 5 nitrogen and oxygen atoms in total. The van der Waals surface area contributed by atoms with Crippen LogP contribution in [0.5, 0.6) is 0 Å². The van der Waals surface area contributed by atoms with E-state index in [9.17, 15) is 13.5 Å². The van der Waals surface area contributed by atoms with Crippen LogP contribution in [0.2, 0.25) is 0 Å². The Hall–Kier alpha value is -1.25. The maximum absolute atomic E-state index is 11.6. The number of aliphatic hydroxyl groups is 1. The zero-order valence-corrected chi connectivity index (χ0v) is 16.4. The van der Waals surface area contributed by atoms with Crippen molar-refractivity contribution in [2.24, 2.45) is 5.14 Å². The number of benzene rings is 2. The molecule has 0 aliphatic heterocycles. The quantitative estimate of drug-likeness (QED) is 0.604. The van der Waals surface area contributed by atoms with Gasteiger partial charge in [0.05, 0.1) is 11.0 Å². The van der Waals surface area contributed by atoms with Crippen molar-refractivity contribution in [3.05, 3.63) is 64.1 Å².